The van der Waals surface area contributed by atoms with E-state index in [1.165, 1.54) is 19.3 Å². The van der Waals surface area contributed by atoms with Crippen molar-refractivity contribution in [2.45, 2.75) is 0 Å². The highest BCUT2D eigenvalue weighted by Gasteiger charge is 2.12. The summed E-state index contributed by atoms with van der Waals surface area (Å²) in [6.45, 7) is 3.46. The van der Waals surface area contributed by atoms with E-state index in [1.807, 2.05) is 0 Å². The molecule has 68 valence electrons. The summed E-state index contributed by atoms with van der Waals surface area (Å²) in [7, 11) is 1.45. The van der Waals surface area contributed by atoms with Gasteiger partial charge in [0.05, 0.1) is 17.6 Å². The molecule has 0 spiro atoms. The number of hydrogen-bond donors (Lipinski definition) is 0. The van der Waals surface area contributed by atoms with Crippen LogP contribution in [0.5, 0.6) is 5.88 Å². The van der Waals surface area contributed by atoms with Gasteiger partial charge in [-0.1, -0.05) is 12.7 Å². The van der Waals surface area contributed by atoms with Crippen LogP contribution in [-0.2, 0) is 0 Å². The fourth-order valence-electron chi connectivity index (χ4n) is 0.871. The van der Waals surface area contributed by atoms with Crippen LogP contribution in [-0.4, -0.2) is 17.0 Å². The minimum Gasteiger partial charge on any atom is -0.481 e. The second kappa shape index (κ2) is 3.66. The van der Waals surface area contributed by atoms with Gasteiger partial charge in [-0.2, -0.15) is 0 Å². The quantitative estimate of drug-likeness (QED) is 0.523. The largest absolute Gasteiger partial charge is 0.481 e. The van der Waals surface area contributed by atoms with Crippen LogP contribution in [0.2, 0.25) is 0 Å². The number of methoxy groups -OCH3 is 1. The molecule has 5 nitrogen and oxygen atoms in total. The Morgan fingerprint density at radius 1 is 1.77 bits per heavy atom. The van der Waals surface area contributed by atoms with Gasteiger partial charge >= 0.3 is 0 Å². The second-order valence-electron chi connectivity index (χ2n) is 2.25. The molecule has 1 heterocycles. The molecule has 0 aromatic carbocycles. The molecule has 0 fully saturated rings. The van der Waals surface area contributed by atoms with Crippen LogP contribution in [0, 0.1) is 10.1 Å². The Kier molecular flexibility index (Phi) is 2.59. The van der Waals surface area contributed by atoms with Gasteiger partial charge in [0.1, 0.15) is 6.20 Å². The predicted molar refractivity (Wildman–Crippen MR) is 47.5 cm³/mol. The molecule has 0 aliphatic heterocycles. The third kappa shape index (κ3) is 1.81. The Morgan fingerprint density at radius 2 is 2.46 bits per heavy atom. The Labute approximate surface area is 74.8 Å². The van der Waals surface area contributed by atoms with Gasteiger partial charge in [0.15, 0.2) is 0 Å². The highest BCUT2D eigenvalue weighted by molar-refractivity contribution is 5.59. The summed E-state index contributed by atoms with van der Waals surface area (Å²) in [5.74, 6) is 0.334. The van der Waals surface area contributed by atoms with Crippen LogP contribution >= 0.6 is 0 Å². The van der Waals surface area contributed by atoms with Crippen molar-refractivity contribution in [1.82, 2.24) is 4.98 Å². The molecule has 1 rings (SSSR count). The van der Waals surface area contributed by atoms with Gasteiger partial charge in [-0.15, -0.1) is 0 Å². The first kappa shape index (κ1) is 9.18. The average molecular weight is 180 g/mol. The Morgan fingerprint density at radius 3 is 2.92 bits per heavy atom. The molecule has 0 unspecified atom stereocenters. The molecule has 1 aromatic rings. The lowest BCUT2D eigenvalue weighted by atomic mass is 10.2. The zero-order valence-electron chi connectivity index (χ0n) is 7.06. The molecular formula is C8H8N2O3. The van der Waals surface area contributed by atoms with Crippen molar-refractivity contribution in [2.75, 3.05) is 7.11 Å². The average Bonchev–Trinajstić information content (AvgIpc) is 2.16. The molecule has 0 bridgehead atoms. The van der Waals surface area contributed by atoms with Gasteiger partial charge in [-0.25, -0.2) is 4.98 Å². The van der Waals surface area contributed by atoms with E-state index < -0.39 is 4.92 Å². The van der Waals surface area contributed by atoms with Gasteiger partial charge in [0.2, 0.25) is 5.88 Å². The number of nitro groups is 1. The minimum atomic E-state index is -0.510. The van der Waals surface area contributed by atoms with Crippen LogP contribution < -0.4 is 4.74 Å². The van der Waals surface area contributed by atoms with E-state index in [-0.39, 0.29) is 5.69 Å². The van der Waals surface area contributed by atoms with E-state index in [0.717, 1.165) is 6.20 Å². The summed E-state index contributed by atoms with van der Waals surface area (Å²) in [6, 6.07) is 1.46. The van der Waals surface area contributed by atoms with E-state index in [0.29, 0.717) is 11.4 Å². The van der Waals surface area contributed by atoms with Crippen molar-refractivity contribution in [3.05, 3.63) is 34.5 Å². The Hall–Kier alpha value is -1.91. The fraction of sp³-hybridized carbons (Fsp3) is 0.125. The molecule has 0 saturated carbocycles. The van der Waals surface area contributed by atoms with Crippen molar-refractivity contribution >= 4 is 11.8 Å². The van der Waals surface area contributed by atoms with Gasteiger partial charge in [0.25, 0.3) is 5.69 Å². The lowest BCUT2D eigenvalue weighted by molar-refractivity contribution is -0.385. The molecule has 13 heavy (non-hydrogen) atoms. The van der Waals surface area contributed by atoms with E-state index >= 15 is 0 Å². The first-order valence-electron chi connectivity index (χ1n) is 3.50. The Bertz CT molecular complexity index is 349. The summed E-state index contributed by atoms with van der Waals surface area (Å²) < 4.78 is 4.81. The molecule has 0 aliphatic rings. The lowest BCUT2D eigenvalue weighted by Gasteiger charge is -2.00. The summed E-state index contributed by atoms with van der Waals surface area (Å²) in [5, 5.41) is 10.5. The summed E-state index contributed by atoms with van der Waals surface area (Å²) in [5.41, 5.74) is 0.327. The standard InChI is InChI=1S/C8H8N2O3/c1-3-6-4-8(13-2)9-5-7(6)10(11)12/h3-5H,1H2,2H3. The maximum absolute atomic E-state index is 10.5. The smallest absolute Gasteiger partial charge is 0.294 e. The highest BCUT2D eigenvalue weighted by Crippen LogP contribution is 2.21. The normalized spacial score (nSPS) is 9.31. The van der Waals surface area contributed by atoms with Crippen LogP contribution in [0.15, 0.2) is 18.8 Å². The monoisotopic (exact) mass is 180 g/mol. The molecular weight excluding hydrogens is 172 g/mol. The Balaban J connectivity index is 3.23. The molecule has 0 atom stereocenters. The predicted octanol–water partition coefficient (Wildman–Crippen LogP) is 1.64. The lowest BCUT2D eigenvalue weighted by Crippen LogP contribution is -1.94. The molecule has 0 aliphatic carbocycles. The number of aromatic nitrogens is 1. The molecule has 5 heteroatoms. The number of rotatable bonds is 3. The third-order valence-corrected chi connectivity index (χ3v) is 1.51. The maximum Gasteiger partial charge on any atom is 0.294 e. The molecule has 0 radical (unpaired) electrons. The zero-order chi connectivity index (χ0) is 9.84. The second-order valence-corrected chi connectivity index (χ2v) is 2.25. The number of pyridine rings is 1. The highest BCUT2D eigenvalue weighted by atomic mass is 16.6. The SMILES string of the molecule is C=Cc1cc(OC)ncc1[N+](=O)[O-]. The summed E-state index contributed by atoms with van der Waals surface area (Å²) >= 11 is 0. The number of hydrogen-bond acceptors (Lipinski definition) is 4. The van der Waals surface area contributed by atoms with Crippen LogP contribution in [0.3, 0.4) is 0 Å². The summed E-state index contributed by atoms with van der Waals surface area (Å²) in [6.07, 6.45) is 2.54. The van der Waals surface area contributed by atoms with Crippen LogP contribution in [0.4, 0.5) is 5.69 Å². The maximum atomic E-state index is 10.5. The van der Waals surface area contributed by atoms with E-state index in [4.69, 9.17) is 4.74 Å². The van der Waals surface area contributed by atoms with E-state index in [9.17, 15) is 10.1 Å². The minimum absolute atomic E-state index is 0.0733. The van der Waals surface area contributed by atoms with E-state index in [2.05, 4.69) is 11.6 Å². The van der Waals surface area contributed by atoms with Crippen molar-refractivity contribution < 1.29 is 9.66 Å². The van der Waals surface area contributed by atoms with Gasteiger partial charge in [-0.05, 0) is 0 Å². The van der Waals surface area contributed by atoms with E-state index in [1.54, 1.807) is 0 Å². The van der Waals surface area contributed by atoms with Crippen LogP contribution in [0.1, 0.15) is 5.56 Å². The molecule has 1 aromatic heterocycles. The van der Waals surface area contributed by atoms with Gasteiger partial charge < -0.3 is 4.74 Å². The molecule has 0 N–H and O–H groups in total. The van der Waals surface area contributed by atoms with Crippen molar-refractivity contribution in [3.63, 3.8) is 0 Å². The first-order valence-corrected chi connectivity index (χ1v) is 3.50. The topological polar surface area (TPSA) is 65.3 Å². The van der Waals surface area contributed by atoms with Crippen molar-refractivity contribution in [1.29, 1.82) is 0 Å². The summed E-state index contributed by atoms with van der Waals surface area (Å²) in [4.78, 5) is 13.7. The molecule has 0 saturated heterocycles. The molecule has 0 amide bonds. The number of nitrogens with zero attached hydrogens (tertiary/aromatic N) is 2. The third-order valence-electron chi connectivity index (χ3n) is 1.51. The zero-order valence-corrected chi connectivity index (χ0v) is 7.06. The van der Waals surface area contributed by atoms with Gasteiger partial charge in [-0.3, -0.25) is 10.1 Å². The van der Waals surface area contributed by atoms with Crippen molar-refractivity contribution in [2.24, 2.45) is 0 Å². The first-order chi connectivity index (χ1) is 6.19. The fourth-order valence-corrected chi connectivity index (χ4v) is 0.871. The van der Waals surface area contributed by atoms with Crippen molar-refractivity contribution in [3.8, 4) is 5.88 Å². The van der Waals surface area contributed by atoms with Gasteiger partial charge in [0, 0.05) is 6.07 Å². The van der Waals surface area contributed by atoms with Crippen LogP contribution in [0.25, 0.3) is 6.08 Å². The number of ether oxygens (including phenoxy) is 1.